The Balaban J connectivity index is 3.54. The number of halogens is 9. The van der Waals surface area contributed by atoms with Crippen LogP contribution in [0.15, 0.2) is 0 Å². The van der Waals surface area contributed by atoms with E-state index in [9.17, 15) is 39.5 Å². The summed E-state index contributed by atoms with van der Waals surface area (Å²) in [5, 5.41) is 0. The molecule has 0 aliphatic carbocycles. The molecular formula is C7F9N. The Kier molecular flexibility index (Phi) is 3.02. The topological polar surface area (TPSA) is 12.9 Å². The van der Waals surface area contributed by atoms with Gasteiger partial charge in [-0.2, -0.15) is 30.7 Å². The van der Waals surface area contributed by atoms with Gasteiger partial charge in [-0.1, -0.05) is 0 Å². The van der Waals surface area contributed by atoms with Crippen LogP contribution in [0.1, 0.15) is 5.69 Å². The first kappa shape index (κ1) is 13.6. The molecule has 0 unspecified atom stereocenters. The average molecular weight is 269 g/mol. The quantitative estimate of drug-likeness (QED) is 0.563. The first-order valence-corrected chi connectivity index (χ1v) is 3.65. The molecule has 17 heavy (non-hydrogen) atoms. The third-order valence-electron chi connectivity index (χ3n) is 1.64. The summed E-state index contributed by atoms with van der Waals surface area (Å²) in [4.78, 5) is 1.74. The Morgan fingerprint density at radius 3 is 1.59 bits per heavy atom. The molecule has 0 aliphatic heterocycles. The van der Waals surface area contributed by atoms with Crippen LogP contribution in [0.4, 0.5) is 39.5 Å². The third-order valence-corrected chi connectivity index (χ3v) is 1.64. The number of hydrogen-bond donors (Lipinski definition) is 0. The molecule has 0 saturated carbocycles. The lowest BCUT2D eigenvalue weighted by Gasteiger charge is -2.19. The largest absolute Gasteiger partial charge is 0.459 e. The van der Waals surface area contributed by atoms with E-state index in [0.717, 1.165) is 0 Å². The lowest BCUT2D eigenvalue weighted by Crippen LogP contribution is -2.36. The fourth-order valence-corrected chi connectivity index (χ4v) is 0.829. The van der Waals surface area contributed by atoms with Crippen LogP contribution >= 0.6 is 0 Å². The Morgan fingerprint density at radius 2 is 1.18 bits per heavy atom. The lowest BCUT2D eigenvalue weighted by atomic mass is 10.2. The van der Waals surface area contributed by atoms with Crippen LogP contribution in [0.5, 0.6) is 0 Å². The van der Waals surface area contributed by atoms with Crippen molar-refractivity contribution in [2.75, 3.05) is 0 Å². The molecule has 0 saturated heterocycles. The monoisotopic (exact) mass is 269 g/mol. The van der Waals surface area contributed by atoms with Gasteiger partial charge in [0.25, 0.3) is 5.95 Å². The average Bonchev–Trinajstić information content (AvgIpc) is 2.18. The van der Waals surface area contributed by atoms with E-state index in [0.29, 0.717) is 0 Å². The number of aromatic nitrogens is 1. The Morgan fingerprint density at radius 1 is 0.706 bits per heavy atom. The van der Waals surface area contributed by atoms with Crippen molar-refractivity contribution in [3.05, 3.63) is 29.1 Å². The van der Waals surface area contributed by atoms with Crippen molar-refractivity contribution in [1.82, 2.24) is 4.98 Å². The van der Waals surface area contributed by atoms with E-state index in [-0.39, 0.29) is 0 Å². The summed E-state index contributed by atoms with van der Waals surface area (Å²) >= 11 is 0. The van der Waals surface area contributed by atoms with Gasteiger partial charge in [0.15, 0.2) is 11.5 Å². The van der Waals surface area contributed by atoms with Crippen LogP contribution in [-0.4, -0.2) is 11.2 Å². The molecule has 96 valence electrons. The van der Waals surface area contributed by atoms with Gasteiger partial charge < -0.3 is 0 Å². The molecule has 0 bridgehead atoms. The minimum Gasteiger partial charge on any atom is -0.212 e. The first-order valence-electron chi connectivity index (χ1n) is 3.65. The van der Waals surface area contributed by atoms with Crippen LogP contribution in [0.3, 0.4) is 0 Å². The zero-order chi connectivity index (χ0) is 13.6. The van der Waals surface area contributed by atoms with Gasteiger partial charge in [-0.3, -0.25) is 0 Å². The summed E-state index contributed by atoms with van der Waals surface area (Å²) in [6.45, 7) is 0. The van der Waals surface area contributed by atoms with E-state index in [1.165, 1.54) is 0 Å². The SMILES string of the molecule is Fc1nc(C(F)(F)C(F)(F)F)c(F)c(F)c1F. The van der Waals surface area contributed by atoms with Crippen LogP contribution < -0.4 is 0 Å². The number of hydrogen-bond acceptors (Lipinski definition) is 1. The summed E-state index contributed by atoms with van der Waals surface area (Å²) in [6.07, 6.45) is -6.32. The summed E-state index contributed by atoms with van der Waals surface area (Å²) in [6, 6.07) is 0. The number of rotatable bonds is 1. The van der Waals surface area contributed by atoms with Gasteiger partial charge in [0.2, 0.25) is 11.6 Å². The molecule has 0 fully saturated rings. The van der Waals surface area contributed by atoms with E-state index >= 15 is 0 Å². The Bertz CT molecular complexity index is 450. The number of alkyl halides is 5. The highest BCUT2D eigenvalue weighted by atomic mass is 19.4. The van der Waals surface area contributed by atoms with E-state index in [2.05, 4.69) is 0 Å². The molecule has 10 heteroatoms. The van der Waals surface area contributed by atoms with Gasteiger partial charge >= 0.3 is 12.1 Å². The van der Waals surface area contributed by atoms with Gasteiger partial charge in [0.05, 0.1) is 0 Å². The van der Waals surface area contributed by atoms with Crippen molar-refractivity contribution in [1.29, 1.82) is 0 Å². The molecule has 0 aromatic carbocycles. The first-order chi connectivity index (χ1) is 7.50. The molecule has 0 atom stereocenters. The molecule has 0 amide bonds. The summed E-state index contributed by atoms with van der Waals surface area (Å²) in [5.74, 6) is -16.8. The molecule has 0 spiro atoms. The fourth-order valence-electron chi connectivity index (χ4n) is 0.829. The van der Waals surface area contributed by atoms with Gasteiger partial charge in [-0.25, -0.2) is 13.8 Å². The maximum atomic E-state index is 12.6. The van der Waals surface area contributed by atoms with Gasteiger partial charge in [0, 0.05) is 0 Å². The minimum absolute atomic E-state index is 1.74. The molecule has 0 radical (unpaired) electrons. The van der Waals surface area contributed by atoms with Crippen LogP contribution in [0.2, 0.25) is 0 Å². The van der Waals surface area contributed by atoms with Crippen LogP contribution in [-0.2, 0) is 5.92 Å². The molecule has 1 aromatic rings. The predicted molar refractivity (Wildman–Crippen MR) is 34.0 cm³/mol. The van der Waals surface area contributed by atoms with E-state index in [4.69, 9.17) is 0 Å². The van der Waals surface area contributed by atoms with Crippen molar-refractivity contribution in [2.24, 2.45) is 0 Å². The zero-order valence-electron chi connectivity index (χ0n) is 7.35. The number of nitrogens with zero attached hydrogens (tertiary/aromatic N) is 1. The predicted octanol–water partition coefficient (Wildman–Crippen LogP) is 3.29. The van der Waals surface area contributed by atoms with Crippen LogP contribution in [0.25, 0.3) is 0 Å². The fraction of sp³-hybridized carbons (Fsp3) is 0.286. The molecule has 1 rings (SSSR count). The minimum atomic E-state index is -6.32. The molecule has 0 N–H and O–H groups in total. The second kappa shape index (κ2) is 3.77. The van der Waals surface area contributed by atoms with Crippen molar-refractivity contribution in [3.63, 3.8) is 0 Å². The smallest absolute Gasteiger partial charge is 0.212 e. The van der Waals surface area contributed by atoms with Crippen molar-refractivity contribution >= 4 is 0 Å². The standard InChI is InChI=1S/C7F9N/c8-1-2(9)4(17-5(11)3(1)10)6(12,13)7(14,15)16. The maximum Gasteiger partial charge on any atom is 0.459 e. The zero-order valence-corrected chi connectivity index (χ0v) is 7.35. The lowest BCUT2D eigenvalue weighted by molar-refractivity contribution is -0.292. The van der Waals surface area contributed by atoms with Gasteiger partial charge in [-0.15, -0.1) is 0 Å². The molecule has 1 heterocycles. The molecule has 1 nitrogen and oxygen atoms in total. The Labute approximate surface area is 86.9 Å². The van der Waals surface area contributed by atoms with Crippen molar-refractivity contribution in [2.45, 2.75) is 12.1 Å². The summed E-state index contributed by atoms with van der Waals surface area (Å²) < 4.78 is 110. The summed E-state index contributed by atoms with van der Waals surface area (Å²) in [5.41, 5.74) is -2.86. The van der Waals surface area contributed by atoms with Crippen molar-refractivity contribution in [3.8, 4) is 0 Å². The highest BCUT2D eigenvalue weighted by Gasteiger charge is 2.62. The van der Waals surface area contributed by atoms with E-state index in [1.54, 1.807) is 4.98 Å². The molecule has 1 aromatic heterocycles. The second-order valence-electron chi connectivity index (χ2n) is 2.77. The van der Waals surface area contributed by atoms with Gasteiger partial charge in [-0.05, 0) is 0 Å². The third kappa shape index (κ3) is 2.03. The summed E-state index contributed by atoms with van der Waals surface area (Å²) in [7, 11) is 0. The molecule has 0 aliphatic rings. The highest BCUT2D eigenvalue weighted by molar-refractivity contribution is 5.18. The van der Waals surface area contributed by atoms with E-state index in [1.807, 2.05) is 0 Å². The Hall–Kier alpha value is -1.48. The second-order valence-corrected chi connectivity index (χ2v) is 2.77. The van der Waals surface area contributed by atoms with E-state index < -0.39 is 41.2 Å². The highest BCUT2D eigenvalue weighted by Crippen LogP contribution is 2.44. The maximum absolute atomic E-state index is 12.6. The normalized spacial score (nSPS) is 13.0. The number of pyridine rings is 1. The van der Waals surface area contributed by atoms with Crippen LogP contribution in [0, 0.1) is 23.4 Å². The molecular weight excluding hydrogens is 269 g/mol. The van der Waals surface area contributed by atoms with Crippen molar-refractivity contribution < 1.29 is 39.5 Å². The van der Waals surface area contributed by atoms with Gasteiger partial charge in [0.1, 0.15) is 0 Å².